The number of nitrogens with zero attached hydrogens (tertiary/aromatic N) is 8. The Morgan fingerprint density at radius 2 is 1.91 bits per heavy atom. The molecule has 2 aromatic heterocycles. The van der Waals surface area contributed by atoms with Gasteiger partial charge in [-0.1, -0.05) is 12.1 Å². The van der Waals surface area contributed by atoms with E-state index in [1.54, 1.807) is 14.0 Å². The Morgan fingerprint density at radius 1 is 1.13 bits per heavy atom. The quantitative estimate of drug-likeness (QED) is 0.725. The summed E-state index contributed by atoms with van der Waals surface area (Å²) >= 11 is 0. The zero-order valence-corrected chi connectivity index (χ0v) is 12.1. The summed E-state index contributed by atoms with van der Waals surface area (Å²) in [5.74, 6) is 0.594. The molecule has 11 heteroatoms. The zero-order chi connectivity index (χ0) is 16.6. The second-order valence-corrected chi connectivity index (χ2v) is 4.85. The Kier molecular flexibility index (Phi) is 3.54. The molecule has 8 nitrogen and oxygen atoms in total. The second kappa shape index (κ2) is 5.41. The number of halogens is 3. The third-order valence-electron chi connectivity index (χ3n) is 3.25. The summed E-state index contributed by atoms with van der Waals surface area (Å²) in [6, 6.07) is 4.35. The minimum atomic E-state index is -4.43. The van der Waals surface area contributed by atoms with Crippen LogP contribution in [0.5, 0.6) is 0 Å². The van der Waals surface area contributed by atoms with Crippen molar-refractivity contribution in [2.75, 3.05) is 0 Å². The van der Waals surface area contributed by atoms with Gasteiger partial charge in [-0.25, -0.2) is 4.68 Å². The maximum Gasteiger partial charge on any atom is 0.416 e. The lowest BCUT2D eigenvalue weighted by atomic mass is 10.1. The Labute approximate surface area is 127 Å². The summed E-state index contributed by atoms with van der Waals surface area (Å²) in [7, 11) is 1.66. The lowest BCUT2D eigenvalue weighted by Crippen LogP contribution is -2.15. The van der Waals surface area contributed by atoms with Gasteiger partial charge in [-0.2, -0.15) is 18.0 Å². The van der Waals surface area contributed by atoms with Gasteiger partial charge in [0.25, 0.3) is 0 Å². The number of hydrogen-bond acceptors (Lipinski definition) is 6. The highest BCUT2D eigenvalue weighted by molar-refractivity contribution is 5.55. The fraction of sp³-hybridized carbons (Fsp3) is 0.333. The number of hydrogen-bond donors (Lipinski definition) is 0. The van der Waals surface area contributed by atoms with Crippen molar-refractivity contribution in [1.29, 1.82) is 0 Å². The van der Waals surface area contributed by atoms with Crippen LogP contribution in [0, 0.1) is 0 Å². The van der Waals surface area contributed by atoms with Gasteiger partial charge in [0.2, 0.25) is 5.82 Å². The van der Waals surface area contributed by atoms with Crippen LogP contribution in [0.3, 0.4) is 0 Å². The second-order valence-electron chi connectivity index (χ2n) is 4.85. The smallest absolute Gasteiger partial charge is 0.231 e. The van der Waals surface area contributed by atoms with Crippen molar-refractivity contribution in [2.45, 2.75) is 19.1 Å². The first-order valence-electron chi connectivity index (χ1n) is 6.55. The number of alkyl halides is 3. The third-order valence-corrected chi connectivity index (χ3v) is 3.25. The van der Waals surface area contributed by atoms with E-state index >= 15 is 0 Å². The highest BCUT2D eigenvalue weighted by Gasteiger charge is 2.30. The minimum Gasteiger partial charge on any atom is -0.231 e. The minimum absolute atomic E-state index is 0.0954. The van der Waals surface area contributed by atoms with Crippen molar-refractivity contribution in [2.24, 2.45) is 7.05 Å². The number of aryl methyl sites for hydroxylation is 1. The molecule has 0 aliphatic rings. The molecule has 0 N–H and O–H groups in total. The molecular weight excluding hydrogens is 313 g/mol. The first kappa shape index (κ1) is 15.1. The van der Waals surface area contributed by atoms with Crippen molar-refractivity contribution >= 4 is 0 Å². The van der Waals surface area contributed by atoms with Crippen LogP contribution in [0.1, 0.15) is 24.4 Å². The Bertz CT molecular complexity index is 822. The lowest BCUT2D eigenvalue weighted by molar-refractivity contribution is -0.137. The van der Waals surface area contributed by atoms with Gasteiger partial charge in [0.15, 0.2) is 5.82 Å². The van der Waals surface area contributed by atoms with Crippen LogP contribution in [-0.4, -0.2) is 40.4 Å². The van der Waals surface area contributed by atoms with Gasteiger partial charge < -0.3 is 0 Å². The number of benzene rings is 1. The van der Waals surface area contributed by atoms with E-state index in [1.807, 2.05) is 0 Å². The SMILES string of the molecule is C[C@H](c1nnnn1C)n1nnc(-c2cccc(C(F)(F)F)c2)n1. The molecule has 0 saturated carbocycles. The van der Waals surface area contributed by atoms with Gasteiger partial charge in [-0.15, -0.1) is 15.3 Å². The van der Waals surface area contributed by atoms with E-state index < -0.39 is 17.8 Å². The van der Waals surface area contributed by atoms with Crippen LogP contribution < -0.4 is 0 Å². The van der Waals surface area contributed by atoms with Crippen LogP contribution in [0.2, 0.25) is 0 Å². The number of aromatic nitrogens is 8. The van der Waals surface area contributed by atoms with Crippen molar-refractivity contribution in [3.05, 3.63) is 35.7 Å². The monoisotopic (exact) mass is 324 g/mol. The molecule has 3 aromatic rings. The summed E-state index contributed by atoms with van der Waals surface area (Å²) < 4.78 is 39.7. The molecular formula is C12H11F3N8. The van der Waals surface area contributed by atoms with Crippen molar-refractivity contribution < 1.29 is 13.2 Å². The molecule has 23 heavy (non-hydrogen) atoms. The maximum atomic E-state index is 12.8. The molecule has 1 atom stereocenters. The molecule has 0 unspecified atom stereocenters. The first-order valence-corrected chi connectivity index (χ1v) is 6.55. The summed E-state index contributed by atoms with van der Waals surface area (Å²) in [6.45, 7) is 1.75. The van der Waals surface area contributed by atoms with Crippen molar-refractivity contribution in [1.82, 2.24) is 40.4 Å². The zero-order valence-electron chi connectivity index (χ0n) is 12.1. The largest absolute Gasteiger partial charge is 0.416 e. The van der Waals surface area contributed by atoms with Crippen molar-refractivity contribution in [3.8, 4) is 11.4 Å². The van der Waals surface area contributed by atoms with E-state index in [1.165, 1.54) is 21.6 Å². The Hall–Kier alpha value is -2.85. The van der Waals surface area contributed by atoms with Crippen LogP contribution in [-0.2, 0) is 13.2 Å². The van der Waals surface area contributed by atoms with Gasteiger partial charge in [0, 0.05) is 12.6 Å². The molecule has 3 rings (SSSR count). The first-order chi connectivity index (χ1) is 10.9. The van der Waals surface area contributed by atoms with Crippen LogP contribution in [0.15, 0.2) is 24.3 Å². The Balaban J connectivity index is 1.92. The van der Waals surface area contributed by atoms with Gasteiger partial charge in [0.05, 0.1) is 5.56 Å². The fourth-order valence-electron chi connectivity index (χ4n) is 2.03. The summed E-state index contributed by atoms with van der Waals surface area (Å²) in [6.07, 6.45) is -4.43. The summed E-state index contributed by atoms with van der Waals surface area (Å²) in [5.41, 5.74) is -0.536. The summed E-state index contributed by atoms with van der Waals surface area (Å²) in [5, 5.41) is 22.9. The van der Waals surface area contributed by atoms with Crippen LogP contribution >= 0.6 is 0 Å². The standard InChI is InChI=1S/C12H11F3N8/c1-7(11-17-19-21-22(11)2)23-18-10(16-20-23)8-4-3-5-9(6-8)12(13,14)15/h3-7H,1-2H3/t7-/m1/s1. The molecule has 0 saturated heterocycles. The van der Waals surface area contributed by atoms with E-state index in [2.05, 4.69) is 30.9 Å². The molecule has 1 aromatic carbocycles. The van der Waals surface area contributed by atoms with Gasteiger partial charge >= 0.3 is 6.18 Å². The van der Waals surface area contributed by atoms with Gasteiger partial charge in [-0.05, 0) is 34.7 Å². The lowest BCUT2D eigenvalue weighted by Gasteiger charge is -2.07. The number of rotatable bonds is 3. The van der Waals surface area contributed by atoms with Crippen LogP contribution in [0.4, 0.5) is 13.2 Å². The van der Waals surface area contributed by atoms with E-state index in [9.17, 15) is 13.2 Å². The molecule has 2 heterocycles. The maximum absolute atomic E-state index is 12.8. The molecule has 0 fully saturated rings. The fourth-order valence-corrected chi connectivity index (χ4v) is 2.03. The third kappa shape index (κ3) is 2.89. The summed E-state index contributed by atoms with van der Waals surface area (Å²) in [4.78, 5) is 1.25. The van der Waals surface area contributed by atoms with E-state index in [-0.39, 0.29) is 11.4 Å². The van der Waals surface area contributed by atoms with E-state index in [0.29, 0.717) is 5.82 Å². The van der Waals surface area contributed by atoms with E-state index in [4.69, 9.17) is 0 Å². The van der Waals surface area contributed by atoms with Gasteiger partial charge in [-0.3, -0.25) is 0 Å². The molecule has 0 spiro atoms. The topological polar surface area (TPSA) is 87.2 Å². The van der Waals surface area contributed by atoms with Gasteiger partial charge in [0.1, 0.15) is 6.04 Å². The Morgan fingerprint density at radius 3 is 2.57 bits per heavy atom. The molecule has 120 valence electrons. The highest BCUT2D eigenvalue weighted by Crippen LogP contribution is 2.31. The normalized spacial score (nSPS) is 13.3. The molecule has 0 aliphatic heterocycles. The van der Waals surface area contributed by atoms with E-state index in [0.717, 1.165) is 12.1 Å². The predicted octanol–water partition coefficient (Wildman–Crippen LogP) is 1.49. The molecule has 0 amide bonds. The average molecular weight is 324 g/mol. The average Bonchev–Trinajstić information content (AvgIpc) is 3.15. The highest BCUT2D eigenvalue weighted by atomic mass is 19.4. The number of tetrazole rings is 2. The molecule has 0 radical (unpaired) electrons. The molecule has 0 aliphatic carbocycles. The molecule has 0 bridgehead atoms. The van der Waals surface area contributed by atoms with Crippen molar-refractivity contribution in [3.63, 3.8) is 0 Å². The predicted molar refractivity (Wildman–Crippen MR) is 70.9 cm³/mol. The van der Waals surface area contributed by atoms with Crippen LogP contribution in [0.25, 0.3) is 11.4 Å².